The van der Waals surface area contributed by atoms with Gasteiger partial charge in [-0.1, -0.05) is 30.2 Å². The first-order valence-corrected chi connectivity index (χ1v) is 3.73. The highest BCUT2D eigenvalue weighted by Gasteiger charge is 1.85. The Balaban J connectivity index is 3.99. The second kappa shape index (κ2) is 5.24. The predicted molar refractivity (Wildman–Crippen MR) is 46.9 cm³/mol. The molecular weight excluding hydrogens is 122 g/mol. The van der Waals surface area contributed by atoms with E-state index in [1.165, 1.54) is 11.1 Å². The lowest BCUT2D eigenvalue weighted by Gasteiger charge is -1.96. The zero-order valence-electron chi connectivity index (χ0n) is 7.15. The van der Waals surface area contributed by atoms with Crippen molar-refractivity contribution in [3.63, 3.8) is 0 Å². The molecular formula is C9H17N. The maximum absolute atomic E-state index is 5.47. The third-order valence-corrected chi connectivity index (χ3v) is 1.37. The van der Waals surface area contributed by atoms with Gasteiger partial charge in [0.15, 0.2) is 0 Å². The van der Waals surface area contributed by atoms with Crippen LogP contribution in [0.5, 0.6) is 0 Å². The van der Waals surface area contributed by atoms with Crippen molar-refractivity contribution in [3.05, 3.63) is 23.3 Å². The summed E-state index contributed by atoms with van der Waals surface area (Å²) in [5, 5.41) is 0. The SMILES string of the molecule is CC/C(=C\C=C(C)C)CN. The molecule has 0 saturated carbocycles. The van der Waals surface area contributed by atoms with Gasteiger partial charge in [-0.3, -0.25) is 0 Å². The van der Waals surface area contributed by atoms with Gasteiger partial charge in [0, 0.05) is 6.54 Å². The van der Waals surface area contributed by atoms with Crippen molar-refractivity contribution in [2.24, 2.45) is 5.73 Å². The number of hydrogen-bond donors (Lipinski definition) is 1. The van der Waals surface area contributed by atoms with Crippen LogP contribution in [0.3, 0.4) is 0 Å². The molecule has 0 aromatic rings. The van der Waals surface area contributed by atoms with Crippen molar-refractivity contribution in [3.8, 4) is 0 Å². The minimum Gasteiger partial charge on any atom is -0.327 e. The molecule has 0 heterocycles. The summed E-state index contributed by atoms with van der Waals surface area (Å²) in [5.74, 6) is 0. The van der Waals surface area contributed by atoms with Gasteiger partial charge >= 0.3 is 0 Å². The quantitative estimate of drug-likeness (QED) is 0.596. The average Bonchev–Trinajstić information content (AvgIpc) is 1.90. The van der Waals surface area contributed by atoms with Crippen molar-refractivity contribution in [2.75, 3.05) is 6.54 Å². The highest BCUT2D eigenvalue weighted by atomic mass is 14.5. The molecule has 1 heteroatoms. The molecule has 0 aliphatic carbocycles. The summed E-state index contributed by atoms with van der Waals surface area (Å²) >= 11 is 0. The fourth-order valence-corrected chi connectivity index (χ4v) is 0.615. The molecule has 0 radical (unpaired) electrons. The summed E-state index contributed by atoms with van der Waals surface area (Å²) in [6, 6.07) is 0. The van der Waals surface area contributed by atoms with Crippen molar-refractivity contribution in [1.29, 1.82) is 0 Å². The summed E-state index contributed by atoms with van der Waals surface area (Å²) in [6.45, 7) is 6.97. The molecule has 0 aliphatic rings. The van der Waals surface area contributed by atoms with Gasteiger partial charge in [0.05, 0.1) is 0 Å². The van der Waals surface area contributed by atoms with E-state index in [0.717, 1.165) is 6.42 Å². The average molecular weight is 139 g/mol. The largest absolute Gasteiger partial charge is 0.327 e. The van der Waals surface area contributed by atoms with Gasteiger partial charge in [-0.15, -0.1) is 0 Å². The second-order valence-corrected chi connectivity index (χ2v) is 2.63. The van der Waals surface area contributed by atoms with Crippen molar-refractivity contribution in [2.45, 2.75) is 27.2 Å². The first-order chi connectivity index (χ1) is 4.70. The van der Waals surface area contributed by atoms with E-state index in [2.05, 4.69) is 32.9 Å². The lowest BCUT2D eigenvalue weighted by molar-refractivity contribution is 1.01. The molecule has 1 nitrogen and oxygen atoms in total. The third-order valence-electron chi connectivity index (χ3n) is 1.37. The van der Waals surface area contributed by atoms with Crippen LogP contribution in [-0.4, -0.2) is 6.54 Å². The number of nitrogens with two attached hydrogens (primary N) is 1. The normalized spacial score (nSPS) is 11.4. The Morgan fingerprint density at radius 3 is 2.20 bits per heavy atom. The molecule has 0 spiro atoms. The van der Waals surface area contributed by atoms with Gasteiger partial charge in [-0.25, -0.2) is 0 Å². The maximum atomic E-state index is 5.47. The van der Waals surface area contributed by atoms with Crippen LogP contribution in [0.4, 0.5) is 0 Å². The molecule has 0 bridgehead atoms. The minimum atomic E-state index is 0.681. The first kappa shape index (κ1) is 9.44. The Hall–Kier alpha value is -0.560. The number of hydrogen-bond acceptors (Lipinski definition) is 1. The summed E-state index contributed by atoms with van der Waals surface area (Å²) in [7, 11) is 0. The van der Waals surface area contributed by atoms with Crippen molar-refractivity contribution >= 4 is 0 Å². The molecule has 58 valence electrons. The Kier molecular flexibility index (Phi) is 4.95. The highest BCUT2D eigenvalue weighted by Crippen LogP contribution is 1.99. The van der Waals surface area contributed by atoms with Gasteiger partial charge in [-0.2, -0.15) is 0 Å². The van der Waals surface area contributed by atoms with Crippen molar-refractivity contribution < 1.29 is 0 Å². The lowest BCUT2D eigenvalue weighted by Crippen LogP contribution is -2.01. The molecule has 0 aliphatic heterocycles. The summed E-state index contributed by atoms with van der Waals surface area (Å²) in [5.41, 5.74) is 8.10. The van der Waals surface area contributed by atoms with Crippen LogP contribution in [0, 0.1) is 0 Å². The van der Waals surface area contributed by atoms with E-state index in [-0.39, 0.29) is 0 Å². The molecule has 0 aromatic carbocycles. The summed E-state index contributed by atoms with van der Waals surface area (Å²) in [4.78, 5) is 0. The van der Waals surface area contributed by atoms with Gasteiger partial charge in [0.25, 0.3) is 0 Å². The van der Waals surface area contributed by atoms with Crippen molar-refractivity contribution in [1.82, 2.24) is 0 Å². The highest BCUT2D eigenvalue weighted by molar-refractivity contribution is 5.16. The van der Waals surface area contributed by atoms with E-state index in [0.29, 0.717) is 6.54 Å². The van der Waals surface area contributed by atoms with Crippen LogP contribution in [0.1, 0.15) is 27.2 Å². The van der Waals surface area contributed by atoms with Gasteiger partial charge in [0.1, 0.15) is 0 Å². The summed E-state index contributed by atoms with van der Waals surface area (Å²) < 4.78 is 0. The lowest BCUT2D eigenvalue weighted by atomic mass is 10.2. The van der Waals surface area contributed by atoms with Crippen LogP contribution in [0.25, 0.3) is 0 Å². The molecule has 0 unspecified atom stereocenters. The smallest absolute Gasteiger partial charge is 0.0139 e. The standard InChI is InChI=1S/C9H17N/c1-4-9(7-10)6-5-8(2)3/h5-6H,4,7,10H2,1-3H3/b9-6+. The number of rotatable bonds is 3. The molecule has 0 rings (SSSR count). The predicted octanol–water partition coefficient (Wildman–Crippen LogP) is 2.25. The topological polar surface area (TPSA) is 26.0 Å². The molecule has 0 amide bonds. The van der Waals surface area contributed by atoms with Crippen LogP contribution >= 0.6 is 0 Å². The number of allylic oxidation sites excluding steroid dienone is 3. The van der Waals surface area contributed by atoms with Gasteiger partial charge in [0.2, 0.25) is 0 Å². The van der Waals surface area contributed by atoms with E-state index >= 15 is 0 Å². The van der Waals surface area contributed by atoms with E-state index < -0.39 is 0 Å². The monoisotopic (exact) mass is 139 g/mol. The fraction of sp³-hybridized carbons (Fsp3) is 0.556. The van der Waals surface area contributed by atoms with Gasteiger partial charge in [-0.05, 0) is 20.3 Å². The fourth-order valence-electron chi connectivity index (χ4n) is 0.615. The molecule has 0 aromatic heterocycles. The Morgan fingerprint density at radius 1 is 1.30 bits per heavy atom. The van der Waals surface area contributed by atoms with E-state index in [9.17, 15) is 0 Å². The van der Waals surface area contributed by atoms with E-state index in [1.54, 1.807) is 0 Å². The molecule has 0 saturated heterocycles. The minimum absolute atomic E-state index is 0.681. The molecule has 0 fully saturated rings. The first-order valence-electron chi connectivity index (χ1n) is 3.73. The van der Waals surface area contributed by atoms with Crippen LogP contribution < -0.4 is 5.73 Å². The zero-order chi connectivity index (χ0) is 7.98. The molecule has 2 N–H and O–H groups in total. The zero-order valence-corrected chi connectivity index (χ0v) is 7.15. The van der Waals surface area contributed by atoms with Crippen LogP contribution in [-0.2, 0) is 0 Å². The second-order valence-electron chi connectivity index (χ2n) is 2.63. The molecule has 10 heavy (non-hydrogen) atoms. The van der Waals surface area contributed by atoms with E-state index in [1.807, 2.05) is 0 Å². The Morgan fingerprint density at radius 2 is 1.90 bits per heavy atom. The Labute approximate surface area is 63.6 Å². The van der Waals surface area contributed by atoms with Crippen LogP contribution in [0.15, 0.2) is 23.3 Å². The third kappa shape index (κ3) is 4.33. The molecule has 0 atom stereocenters. The van der Waals surface area contributed by atoms with Gasteiger partial charge < -0.3 is 5.73 Å². The van der Waals surface area contributed by atoms with E-state index in [4.69, 9.17) is 5.73 Å². The summed E-state index contributed by atoms with van der Waals surface area (Å²) in [6.07, 6.45) is 5.27. The maximum Gasteiger partial charge on any atom is 0.0139 e. The Bertz CT molecular complexity index is 133. The van der Waals surface area contributed by atoms with Crippen LogP contribution in [0.2, 0.25) is 0 Å².